The Kier molecular flexibility index (Phi) is 4.61. The highest BCUT2D eigenvalue weighted by molar-refractivity contribution is 7.14. The van der Waals surface area contributed by atoms with Crippen LogP contribution in [0.15, 0.2) is 23.6 Å². The fraction of sp³-hybridized carbons (Fsp3) is 0.524. The Labute approximate surface area is 163 Å². The van der Waals surface area contributed by atoms with E-state index in [1.165, 1.54) is 5.56 Å². The molecule has 6 heteroatoms. The van der Waals surface area contributed by atoms with Crippen LogP contribution in [-0.2, 0) is 16.0 Å². The Hall–Kier alpha value is -1.92. The number of aromatic nitrogens is 1. The van der Waals surface area contributed by atoms with Gasteiger partial charge in [-0.1, -0.05) is 6.07 Å². The van der Waals surface area contributed by atoms with Gasteiger partial charge in [0.15, 0.2) is 5.13 Å². The number of hydrogen-bond donors (Lipinski definition) is 1. The van der Waals surface area contributed by atoms with Gasteiger partial charge < -0.3 is 15.0 Å². The zero-order valence-electron chi connectivity index (χ0n) is 15.4. The van der Waals surface area contributed by atoms with Crippen LogP contribution in [0.1, 0.15) is 37.7 Å². The maximum absolute atomic E-state index is 12.6. The average Bonchev–Trinajstić information content (AvgIpc) is 3.22. The summed E-state index contributed by atoms with van der Waals surface area (Å²) in [5, 5.41) is 6.46. The molecule has 3 aliphatic rings. The monoisotopic (exact) mass is 383 g/mol. The van der Waals surface area contributed by atoms with Crippen molar-refractivity contribution < 1.29 is 9.53 Å². The SMILES string of the molecule is O=C(C1CC1)N1CCCc2cc(-c3csc(NC[C@@H]4CCCO4)n3)ccc21. The van der Waals surface area contributed by atoms with Crippen LogP contribution in [0.5, 0.6) is 0 Å². The lowest BCUT2D eigenvalue weighted by Crippen LogP contribution is -2.36. The molecule has 27 heavy (non-hydrogen) atoms. The van der Waals surface area contributed by atoms with Gasteiger partial charge in [-0.05, 0) is 56.2 Å². The van der Waals surface area contributed by atoms with Crippen LogP contribution in [0, 0.1) is 5.92 Å². The number of hydrogen-bond acceptors (Lipinski definition) is 5. The van der Waals surface area contributed by atoms with Gasteiger partial charge in [0.1, 0.15) is 0 Å². The molecule has 1 atom stereocenters. The molecule has 0 spiro atoms. The predicted molar refractivity (Wildman–Crippen MR) is 108 cm³/mol. The predicted octanol–water partition coefficient (Wildman–Crippen LogP) is 4.09. The number of carbonyl (C=O) groups is 1. The van der Waals surface area contributed by atoms with Crippen LogP contribution in [0.3, 0.4) is 0 Å². The van der Waals surface area contributed by atoms with Crippen LogP contribution < -0.4 is 10.2 Å². The highest BCUT2D eigenvalue weighted by atomic mass is 32.1. The van der Waals surface area contributed by atoms with Gasteiger partial charge in [-0.15, -0.1) is 11.3 Å². The lowest BCUT2D eigenvalue weighted by molar-refractivity contribution is -0.119. The largest absolute Gasteiger partial charge is 0.376 e. The highest BCUT2D eigenvalue weighted by Crippen LogP contribution is 2.37. The Morgan fingerprint density at radius 3 is 3.04 bits per heavy atom. The molecule has 1 aromatic heterocycles. The van der Waals surface area contributed by atoms with E-state index in [1.54, 1.807) is 11.3 Å². The van der Waals surface area contributed by atoms with Gasteiger partial charge in [0.25, 0.3) is 0 Å². The fourth-order valence-electron chi connectivity index (χ4n) is 4.03. The third-order valence-corrected chi connectivity index (χ3v) is 6.50. The van der Waals surface area contributed by atoms with Crippen molar-refractivity contribution in [3.05, 3.63) is 29.1 Å². The van der Waals surface area contributed by atoms with Gasteiger partial charge in [0.05, 0.1) is 11.8 Å². The van der Waals surface area contributed by atoms with Crippen molar-refractivity contribution in [1.82, 2.24) is 4.98 Å². The van der Waals surface area contributed by atoms with Crippen LogP contribution in [0.25, 0.3) is 11.3 Å². The number of thiazole rings is 1. The van der Waals surface area contributed by atoms with Crippen molar-refractivity contribution in [3.8, 4) is 11.3 Å². The standard InChI is InChI=1S/C21H25N3O2S/c25-20(14-5-6-14)24-9-1-3-16-11-15(7-8-19(16)24)18-13-27-21(23-18)22-12-17-4-2-10-26-17/h7-8,11,13-14,17H,1-6,9-10,12H2,(H,22,23)/t17-/m0/s1. The van der Waals surface area contributed by atoms with Gasteiger partial charge in [0.2, 0.25) is 5.91 Å². The van der Waals surface area contributed by atoms with E-state index < -0.39 is 0 Å². The lowest BCUT2D eigenvalue weighted by Gasteiger charge is -2.30. The van der Waals surface area contributed by atoms with Gasteiger partial charge in [-0.25, -0.2) is 4.98 Å². The summed E-state index contributed by atoms with van der Waals surface area (Å²) in [6.07, 6.45) is 6.80. The van der Waals surface area contributed by atoms with Gasteiger partial charge in [-0.2, -0.15) is 0 Å². The van der Waals surface area contributed by atoms with Crippen molar-refractivity contribution in [3.63, 3.8) is 0 Å². The minimum atomic E-state index is 0.270. The molecule has 2 fully saturated rings. The summed E-state index contributed by atoms with van der Waals surface area (Å²) >= 11 is 1.64. The van der Waals surface area contributed by atoms with Gasteiger partial charge in [0, 0.05) is 42.2 Å². The molecule has 1 aliphatic carbocycles. The number of fused-ring (bicyclic) bond motifs is 1. The molecular weight excluding hydrogens is 358 g/mol. The van der Waals surface area contributed by atoms with Crippen molar-refractivity contribution in [2.24, 2.45) is 5.92 Å². The maximum atomic E-state index is 12.6. The highest BCUT2D eigenvalue weighted by Gasteiger charge is 2.35. The zero-order valence-corrected chi connectivity index (χ0v) is 16.3. The third-order valence-electron chi connectivity index (χ3n) is 5.70. The minimum absolute atomic E-state index is 0.270. The van der Waals surface area contributed by atoms with E-state index in [-0.39, 0.29) is 5.92 Å². The van der Waals surface area contributed by atoms with Gasteiger partial charge >= 0.3 is 0 Å². The Morgan fingerprint density at radius 1 is 1.30 bits per heavy atom. The summed E-state index contributed by atoms with van der Waals surface area (Å²) in [4.78, 5) is 19.3. The van der Waals surface area contributed by atoms with E-state index in [0.29, 0.717) is 12.0 Å². The van der Waals surface area contributed by atoms with E-state index in [2.05, 4.69) is 28.9 Å². The number of carbonyl (C=O) groups excluding carboxylic acids is 1. The number of nitrogens with zero attached hydrogens (tertiary/aromatic N) is 2. The first-order valence-corrected chi connectivity index (χ1v) is 10.9. The molecule has 0 bridgehead atoms. The molecule has 5 nitrogen and oxygen atoms in total. The topological polar surface area (TPSA) is 54.5 Å². The number of rotatable bonds is 5. The lowest BCUT2D eigenvalue weighted by atomic mass is 9.98. The summed E-state index contributed by atoms with van der Waals surface area (Å²) in [5.41, 5.74) is 4.52. The first-order chi connectivity index (χ1) is 13.3. The summed E-state index contributed by atoms with van der Waals surface area (Å²) in [6.45, 7) is 2.57. The van der Waals surface area contributed by atoms with Crippen molar-refractivity contribution >= 4 is 28.1 Å². The number of amides is 1. The molecule has 0 unspecified atom stereocenters. The van der Waals surface area contributed by atoms with Crippen molar-refractivity contribution in [2.75, 3.05) is 29.9 Å². The van der Waals surface area contributed by atoms with Crippen LogP contribution in [-0.4, -0.2) is 36.7 Å². The molecular formula is C21H25N3O2S. The molecule has 1 saturated heterocycles. The molecule has 142 valence electrons. The van der Waals surface area contributed by atoms with Crippen LogP contribution in [0.4, 0.5) is 10.8 Å². The van der Waals surface area contributed by atoms with E-state index in [1.807, 2.05) is 4.90 Å². The van der Waals surface area contributed by atoms with Crippen molar-refractivity contribution in [2.45, 2.75) is 44.6 Å². The summed E-state index contributed by atoms with van der Waals surface area (Å²) in [6, 6.07) is 6.44. The number of anilines is 2. The summed E-state index contributed by atoms with van der Waals surface area (Å²) < 4.78 is 5.66. The first kappa shape index (κ1) is 17.2. The molecule has 1 saturated carbocycles. The number of ether oxygens (including phenoxy) is 1. The normalized spacial score (nSPS) is 21.9. The maximum Gasteiger partial charge on any atom is 0.230 e. The molecule has 1 amide bonds. The van der Waals surface area contributed by atoms with Gasteiger partial charge in [-0.3, -0.25) is 4.79 Å². The molecule has 1 N–H and O–H groups in total. The molecule has 0 radical (unpaired) electrons. The fourth-order valence-corrected chi connectivity index (χ4v) is 4.76. The van der Waals surface area contributed by atoms with E-state index in [9.17, 15) is 4.79 Å². The number of aryl methyl sites for hydroxylation is 1. The minimum Gasteiger partial charge on any atom is -0.376 e. The molecule has 1 aromatic carbocycles. The smallest absolute Gasteiger partial charge is 0.230 e. The average molecular weight is 384 g/mol. The second-order valence-electron chi connectivity index (χ2n) is 7.77. The van der Waals surface area contributed by atoms with Crippen LogP contribution >= 0.6 is 11.3 Å². The third kappa shape index (κ3) is 3.60. The second-order valence-corrected chi connectivity index (χ2v) is 8.62. The second kappa shape index (κ2) is 7.24. The Balaban J connectivity index is 1.31. The number of nitrogens with one attached hydrogen (secondary N) is 1. The molecule has 5 rings (SSSR count). The van der Waals surface area contributed by atoms with E-state index in [4.69, 9.17) is 9.72 Å². The molecule has 3 heterocycles. The molecule has 2 aromatic rings. The van der Waals surface area contributed by atoms with Crippen LogP contribution in [0.2, 0.25) is 0 Å². The molecule has 2 aliphatic heterocycles. The van der Waals surface area contributed by atoms with E-state index >= 15 is 0 Å². The summed E-state index contributed by atoms with van der Waals surface area (Å²) in [7, 11) is 0. The Bertz CT molecular complexity index is 840. The number of benzene rings is 1. The van der Waals surface area contributed by atoms with E-state index in [0.717, 1.165) is 80.3 Å². The van der Waals surface area contributed by atoms with Crippen molar-refractivity contribution in [1.29, 1.82) is 0 Å². The Morgan fingerprint density at radius 2 is 2.22 bits per heavy atom. The quantitative estimate of drug-likeness (QED) is 0.845. The zero-order chi connectivity index (χ0) is 18.2. The summed E-state index contributed by atoms with van der Waals surface area (Å²) in [5.74, 6) is 0.588. The first-order valence-electron chi connectivity index (χ1n) is 10.0.